The van der Waals surface area contributed by atoms with Crippen molar-refractivity contribution in [2.45, 2.75) is 13.0 Å². The smallest absolute Gasteiger partial charge is 0.218 e. The second-order valence-corrected chi connectivity index (χ2v) is 6.10. The van der Waals surface area contributed by atoms with E-state index in [1.165, 1.54) is 0 Å². The molecule has 9 heteroatoms. The van der Waals surface area contributed by atoms with Gasteiger partial charge in [-0.3, -0.25) is 4.99 Å². The molecule has 0 fully saturated rings. The average Bonchev–Trinajstić information content (AvgIpc) is 2.76. The van der Waals surface area contributed by atoms with Gasteiger partial charge in [0.05, 0.1) is 20.8 Å². The zero-order valence-electron chi connectivity index (χ0n) is 17.9. The SMILES string of the molecule is CN=C(NCCc1ccc(OC)c(OC)c1)NCc1cccnc1OCCOC.I. The minimum Gasteiger partial charge on any atom is -0.493 e. The van der Waals surface area contributed by atoms with Crippen molar-refractivity contribution in [3.63, 3.8) is 0 Å². The third-order valence-corrected chi connectivity index (χ3v) is 4.20. The number of halogens is 1. The highest BCUT2D eigenvalue weighted by atomic mass is 127. The lowest BCUT2D eigenvalue weighted by molar-refractivity contribution is 0.143. The van der Waals surface area contributed by atoms with E-state index in [4.69, 9.17) is 18.9 Å². The lowest BCUT2D eigenvalue weighted by Crippen LogP contribution is -2.38. The van der Waals surface area contributed by atoms with E-state index < -0.39 is 0 Å². The van der Waals surface area contributed by atoms with E-state index in [1.54, 1.807) is 34.6 Å². The number of methoxy groups -OCH3 is 3. The summed E-state index contributed by atoms with van der Waals surface area (Å²) in [5.41, 5.74) is 2.10. The Morgan fingerprint density at radius 2 is 1.83 bits per heavy atom. The Balaban J connectivity index is 0.00000450. The maximum absolute atomic E-state index is 5.66. The number of hydrogen-bond donors (Lipinski definition) is 2. The summed E-state index contributed by atoms with van der Waals surface area (Å²) >= 11 is 0. The van der Waals surface area contributed by atoms with Crippen LogP contribution in [0, 0.1) is 0 Å². The molecule has 1 aromatic carbocycles. The van der Waals surface area contributed by atoms with Crippen molar-refractivity contribution in [2.24, 2.45) is 4.99 Å². The fourth-order valence-electron chi connectivity index (χ4n) is 2.67. The zero-order valence-corrected chi connectivity index (χ0v) is 20.3. The van der Waals surface area contributed by atoms with Gasteiger partial charge in [0.15, 0.2) is 17.5 Å². The van der Waals surface area contributed by atoms with E-state index in [9.17, 15) is 0 Å². The van der Waals surface area contributed by atoms with E-state index in [-0.39, 0.29) is 24.0 Å². The number of pyridine rings is 1. The van der Waals surface area contributed by atoms with Gasteiger partial charge in [0.1, 0.15) is 6.61 Å². The minimum atomic E-state index is 0. The molecule has 0 radical (unpaired) electrons. The first-order valence-corrected chi connectivity index (χ1v) is 9.42. The molecule has 0 saturated carbocycles. The Hall–Kier alpha value is -2.27. The summed E-state index contributed by atoms with van der Waals surface area (Å²) < 4.78 is 21.3. The zero-order chi connectivity index (χ0) is 20.9. The fraction of sp³-hybridized carbons (Fsp3) is 0.429. The van der Waals surface area contributed by atoms with Gasteiger partial charge < -0.3 is 29.6 Å². The maximum Gasteiger partial charge on any atom is 0.218 e. The topological polar surface area (TPSA) is 86.2 Å². The van der Waals surface area contributed by atoms with Crippen LogP contribution in [0.2, 0.25) is 0 Å². The number of hydrogen-bond acceptors (Lipinski definition) is 6. The fourth-order valence-corrected chi connectivity index (χ4v) is 2.67. The molecular formula is C21H31IN4O4. The first kappa shape index (κ1) is 25.8. The molecule has 1 heterocycles. The maximum atomic E-state index is 5.66. The van der Waals surface area contributed by atoms with E-state index in [0.717, 1.165) is 35.6 Å². The van der Waals surface area contributed by atoms with Gasteiger partial charge in [0.25, 0.3) is 0 Å². The van der Waals surface area contributed by atoms with Crippen LogP contribution in [0.15, 0.2) is 41.5 Å². The third-order valence-electron chi connectivity index (χ3n) is 4.20. The number of rotatable bonds is 11. The van der Waals surface area contributed by atoms with Crippen molar-refractivity contribution in [1.29, 1.82) is 0 Å². The van der Waals surface area contributed by atoms with Gasteiger partial charge in [-0.05, 0) is 30.2 Å². The third kappa shape index (κ3) is 8.23. The lowest BCUT2D eigenvalue weighted by Gasteiger charge is -2.14. The summed E-state index contributed by atoms with van der Waals surface area (Å²) in [5, 5.41) is 6.60. The summed E-state index contributed by atoms with van der Waals surface area (Å²) in [6, 6.07) is 9.77. The quantitative estimate of drug-likeness (QED) is 0.200. The van der Waals surface area contributed by atoms with Crippen molar-refractivity contribution in [3.8, 4) is 17.4 Å². The monoisotopic (exact) mass is 530 g/mol. The lowest BCUT2D eigenvalue weighted by atomic mass is 10.1. The number of ether oxygens (including phenoxy) is 4. The highest BCUT2D eigenvalue weighted by Gasteiger charge is 2.07. The molecule has 1 aromatic heterocycles. The second-order valence-electron chi connectivity index (χ2n) is 6.10. The first-order valence-electron chi connectivity index (χ1n) is 9.42. The molecule has 0 spiro atoms. The molecule has 0 saturated heterocycles. The molecule has 0 aliphatic heterocycles. The van der Waals surface area contributed by atoms with Crippen LogP contribution in [0.5, 0.6) is 17.4 Å². The van der Waals surface area contributed by atoms with E-state index in [1.807, 2.05) is 30.3 Å². The Morgan fingerprint density at radius 1 is 1.03 bits per heavy atom. The van der Waals surface area contributed by atoms with E-state index in [0.29, 0.717) is 31.6 Å². The molecule has 30 heavy (non-hydrogen) atoms. The van der Waals surface area contributed by atoms with Crippen LogP contribution in [0.25, 0.3) is 0 Å². The Kier molecular flexibility index (Phi) is 12.6. The number of nitrogens with one attached hydrogen (secondary N) is 2. The number of guanidine groups is 1. The van der Waals surface area contributed by atoms with Crippen LogP contribution in [-0.2, 0) is 17.7 Å². The number of nitrogens with zero attached hydrogens (tertiary/aromatic N) is 2. The summed E-state index contributed by atoms with van der Waals surface area (Å²) in [6.07, 6.45) is 2.53. The normalized spacial score (nSPS) is 10.7. The Morgan fingerprint density at radius 3 is 2.53 bits per heavy atom. The van der Waals surface area contributed by atoms with Crippen molar-refractivity contribution in [1.82, 2.24) is 15.6 Å². The average molecular weight is 530 g/mol. The predicted octanol–water partition coefficient (Wildman–Crippen LogP) is 2.65. The molecule has 0 bridgehead atoms. The molecule has 2 aromatic rings. The van der Waals surface area contributed by atoms with Gasteiger partial charge in [-0.2, -0.15) is 0 Å². The largest absolute Gasteiger partial charge is 0.493 e. The van der Waals surface area contributed by atoms with Gasteiger partial charge in [0, 0.05) is 39.0 Å². The molecule has 2 N–H and O–H groups in total. The molecule has 0 atom stereocenters. The van der Waals surface area contributed by atoms with Crippen LogP contribution in [-0.4, -0.2) is 59.1 Å². The molecule has 8 nitrogen and oxygen atoms in total. The Bertz CT molecular complexity index is 789. The summed E-state index contributed by atoms with van der Waals surface area (Å²) in [7, 11) is 6.65. The molecular weight excluding hydrogens is 499 g/mol. The van der Waals surface area contributed by atoms with Crippen LogP contribution in [0.3, 0.4) is 0 Å². The standard InChI is InChI=1S/C21H30N4O4.HI/c1-22-21(24-11-9-16-7-8-18(27-3)19(14-16)28-4)25-15-17-6-5-10-23-20(17)29-13-12-26-2;/h5-8,10,14H,9,11-13,15H2,1-4H3,(H2,22,24,25);1H. The van der Waals surface area contributed by atoms with Crippen molar-refractivity contribution in [2.75, 3.05) is 48.1 Å². The van der Waals surface area contributed by atoms with Crippen molar-refractivity contribution >= 4 is 29.9 Å². The molecule has 0 amide bonds. The van der Waals surface area contributed by atoms with E-state index >= 15 is 0 Å². The highest BCUT2D eigenvalue weighted by Crippen LogP contribution is 2.27. The first-order chi connectivity index (χ1) is 14.2. The molecule has 0 aliphatic rings. The molecule has 2 rings (SSSR count). The van der Waals surface area contributed by atoms with Crippen LogP contribution < -0.4 is 24.8 Å². The van der Waals surface area contributed by atoms with Gasteiger partial charge in [-0.15, -0.1) is 24.0 Å². The number of aliphatic imine (C=N–C) groups is 1. The molecule has 0 aliphatic carbocycles. The summed E-state index contributed by atoms with van der Waals surface area (Å²) in [4.78, 5) is 8.56. The summed E-state index contributed by atoms with van der Waals surface area (Å²) in [5.74, 6) is 2.75. The molecule has 0 unspecified atom stereocenters. The van der Waals surface area contributed by atoms with E-state index in [2.05, 4.69) is 20.6 Å². The van der Waals surface area contributed by atoms with Gasteiger partial charge in [0.2, 0.25) is 5.88 Å². The molecule has 166 valence electrons. The number of benzene rings is 1. The van der Waals surface area contributed by atoms with Gasteiger partial charge in [-0.1, -0.05) is 12.1 Å². The summed E-state index contributed by atoms with van der Waals surface area (Å²) in [6.45, 7) is 2.24. The van der Waals surface area contributed by atoms with Crippen LogP contribution in [0.4, 0.5) is 0 Å². The van der Waals surface area contributed by atoms with Gasteiger partial charge in [-0.25, -0.2) is 4.98 Å². The second kappa shape index (κ2) is 14.7. The van der Waals surface area contributed by atoms with Crippen LogP contribution >= 0.6 is 24.0 Å². The van der Waals surface area contributed by atoms with Crippen molar-refractivity contribution < 1.29 is 18.9 Å². The van der Waals surface area contributed by atoms with Crippen molar-refractivity contribution in [3.05, 3.63) is 47.7 Å². The van der Waals surface area contributed by atoms with Crippen LogP contribution in [0.1, 0.15) is 11.1 Å². The minimum absolute atomic E-state index is 0. The van der Waals surface area contributed by atoms with Gasteiger partial charge >= 0.3 is 0 Å². The predicted molar refractivity (Wildman–Crippen MR) is 128 cm³/mol. The Labute approximate surface area is 195 Å². The number of aromatic nitrogens is 1. The highest BCUT2D eigenvalue weighted by molar-refractivity contribution is 14.0.